The van der Waals surface area contributed by atoms with Gasteiger partial charge in [-0.3, -0.25) is 4.79 Å². The van der Waals surface area contributed by atoms with Gasteiger partial charge in [0.05, 0.1) is 5.56 Å². The molecule has 0 bridgehead atoms. The highest BCUT2D eigenvalue weighted by atomic mass is 16.6. The molecule has 2 aromatic carbocycles. The Hall–Kier alpha value is -3.61. The average Bonchev–Trinajstić information content (AvgIpc) is 2.75. The van der Waals surface area contributed by atoms with Gasteiger partial charge in [0.2, 0.25) is 5.95 Å². The summed E-state index contributed by atoms with van der Waals surface area (Å²) in [4.78, 5) is 20.8. The predicted molar refractivity (Wildman–Crippen MR) is 107 cm³/mol. The number of nitrogens with zero attached hydrogens (tertiary/aromatic N) is 2. The summed E-state index contributed by atoms with van der Waals surface area (Å²) in [5, 5.41) is 5.94. The topological polar surface area (TPSA) is 85.4 Å². The van der Waals surface area contributed by atoms with Crippen LogP contribution < -0.4 is 20.1 Å². The summed E-state index contributed by atoms with van der Waals surface area (Å²) in [7, 11) is 0. The maximum absolute atomic E-state index is 12.4. The lowest BCUT2D eigenvalue weighted by Gasteiger charge is -2.18. The molecule has 0 spiro atoms. The molecule has 3 aromatic rings. The monoisotopic (exact) mass is 376 g/mol. The van der Waals surface area contributed by atoms with Gasteiger partial charge in [-0.2, -0.15) is 0 Å². The van der Waals surface area contributed by atoms with E-state index in [0.29, 0.717) is 30.5 Å². The molecule has 1 amide bonds. The van der Waals surface area contributed by atoms with Crippen LogP contribution in [0.3, 0.4) is 0 Å². The van der Waals surface area contributed by atoms with Gasteiger partial charge >= 0.3 is 0 Å². The van der Waals surface area contributed by atoms with Gasteiger partial charge in [-0.25, -0.2) is 9.97 Å². The van der Waals surface area contributed by atoms with E-state index >= 15 is 0 Å². The number of carbonyl (C=O) groups excluding carboxylic acids is 1. The zero-order valence-corrected chi connectivity index (χ0v) is 15.4. The van der Waals surface area contributed by atoms with Crippen LogP contribution in [0.5, 0.6) is 11.5 Å². The summed E-state index contributed by atoms with van der Waals surface area (Å²) in [6.07, 6.45) is 3.94. The largest absolute Gasteiger partial charge is 0.486 e. The molecule has 1 aliphatic heterocycles. The third-order valence-electron chi connectivity index (χ3n) is 4.33. The number of benzene rings is 2. The third kappa shape index (κ3) is 4.03. The van der Waals surface area contributed by atoms with Gasteiger partial charge in [0, 0.05) is 29.8 Å². The summed E-state index contributed by atoms with van der Waals surface area (Å²) in [5.41, 5.74) is 3.11. The highest BCUT2D eigenvalue weighted by Gasteiger charge is 2.12. The number of hydrogen-bond acceptors (Lipinski definition) is 6. The van der Waals surface area contributed by atoms with Gasteiger partial charge in [-0.15, -0.1) is 0 Å². The van der Waals surface area contributed by atoms with Crippen LogP contribution in [0.1, 0.15) is 22.8 Å². The van der Waals surface area contributed by atoms with Gasteiger partial charge in [-0.05, 0) is 36.2 Å². The summed E-state index contributed by atoms with van der Waals surface area (Å²) in [6.45, 7) is 3.17. The smallest absolute Gasteiger partial charge is 0.258 e. The second kappa shape index (κ2) is 7.96. The highest BCUT2D eigenvalue weighted by molar-refractivity contribution is 6.03. The molecule has 0 saturated carbocycles. The minimum atomic E-state index is -0.255. The first-order valence-corrected chi connectivity index (χ1v) is 9.10. The number of amides is 1. The molecule has 1 aromatic heterocycles. The maximum atomic E-state index is 12.4. The van der Waals surface area contributed by atoms with Crippen molar-refractivity contribution in [3.63, 3.8) is 0 Å². The van der Waals surface area contributed by atoms with Crippen molar-refractivity contribution in [2.45, 2.75) is 13.3 Å². The number of aromatic nitrogens is 2. The van der Waals surface area contributed by atoms with E-state index in [1.165, 1.54) is 18.0 Å². The minimum absolute atomic E-state index is 0.255. The molecule has 7 heteroatoms. The highest BCUT2D eigenvalue weighted by Crippen LogP contribution is 2.33. The summed E-state index contributed by atoms with van der Waals surface area (Å²) < 4.78 is 11.1. The molecule has 28 heavy (non-hydrogen) atoms. The molecule has 2 heterocycles. The Bertz CT molecular complexity index is 972. The first kappa shape index (κ1) is 17.8. The van der Waals surface area contributed by atoms with E-state index in [9.17, 15) is 4.79 Å². The molecule has 0 saturated heterocycles. The van der Waals surface area contributed by atoms with Crippen molar-refractivity contribution in [3.8, 4) is 11.5 Å². The zero-order valence-electron chi connectivity index (χ0n) is 15.4. The van der Waals surface area contributed by atoms with Crippen molar-refractivity contribution in [2.24, 2.45) is 0 Å². The molecule has 1 aliphatic rings. The number of fused-ring (bicyclic) bond motifs is 1. The zero-order chi connectivity index (χ0) is 19.3. The van der Waals surface area contributed by atoms with E-state index in [0.717, 1.165) is 23.5 Å². The van der Waals surface area contributed by atoms with Gasteiger partial charge in [0.25, 0.3) is 5.91 Å². The molecule has 0 unspecified atom stereocenters. The van der Waals surface area contributed by atoms with Crippen LogP contribution >= 0.6 is 0 Å². The molecule has 0 fully saturated rings. The Balaban J connectivity index is 1.41. The van der Waals surface area contributed by atoms with Gasteiger partial charge in [0.15, 0.2) is 11.5 Å². The number of ether oxygens (including phenoxy) is 2. The molecule has 2 N–H and O–H groups in total. The van der Waals surface area contributed by atoms with E-state index in [4.69, 9.17) is 9.47 Å². The van der Waals surface area contributed by atoms with Crippen LogP contribution in [0.4, 0.5) is 17.3 Å². The second-order valence-corrected chi connectivity index (χ2v) is 6.28. The predicted octanol–water partition coefficient (Wildman–Crippen LogP) is 3.81. The van der Waals surface area contributed by atoms with Gasteiger partial charge < -0.3 is 20.1 Å². The first-order valence-electron chi connectivity index (χ1n) is 9.10. The van der Waals surface area contributed by atoms with E-state index in [-0.39, 0.29) is 5.91 Å². The Morgan fingerprint density at radius 2 is 1.64 bits per heavy atom. The fraction of sp³-hybridized carbons (Fsp3) is 0.190. The van der Waals surface area contributed by atoms with Crippen LogP contribution in [0.2, 0.25) is 0 Å². The lowest BCUT2D eigenvalue weighted by molar-refractivity contribution is 0.102. The van der Waals surface area contributed by atoms with E-state index in [1.807, 2.05) is 42.5 Å². The number of anilines is 3. The van der Waals surface area contributed by atoms with Crippen LogP contribution in [0.15, 0.2) is 54.9 Å². The number of carbonyl (C=O) groups is 1. The summed E-state index contributed by atoms with van der Waals surface area (Å²) in [5.74, 6) is 1.54. The molecule has 7 nitrogen and oxygen atoms in total. The van der Waals surface area contributed by atoms with Gasteiger partial charge in [-0.1, -0.05) is 19.1 Å². The number of rotatable bonds is 5. The van der Waals surface area contributed by atoms with Crippen molar-refractivity contribution in [1.29, 1.82) is 0 Å². The van der Waals surface area contributed by atoms with Crippen molar-refractivity contribution in [3.05, 3.63) is 66.0 Å². The molecule has 0 radical (unpaired) electrons. The normalized spacial score (nSPS) is 12.3. The van der Waals surface area contributed by atoms with Crippen LogP contribution in [0, 0.1) is 0 Å². The Labute approximate surface area is 162 Å². The Kier molecular flexibility index (Phi) is 5.05. The average molecular weight is 376 g/mol. The molecular weight excluding hydrogens is 356 g/mol. The number of aryl methyl sites for hydroxylation is 1. The quantitative estimate of drug-likeness (QED) is 0.704. The SMILES string of the molecule is CCc1ccc(NC(=O)c2cnc(Nc3ccc4c(c3)OCCO4)nc2)cc1. The Morgan fingerprint density at radius 1 is 0.964 bits per heavy atom. The standard InChI is InChI=1S/C21H20N4O3/c1-2-14-3-5-16(6-4-14)24-20(26)15-12-22-21(23-13-15)25-17-7-8-18-19(11-17)28-10-9-27-18/h3-8,11-13H,2,9-10H2,1H3,(H,24,26)(H,22,23,25). The summed E-state index contributed by atoms with van der Waals surface area (Å²) in [6, 6.07) is 13.3. The van der Waals surface area contributed by atoms with Crippen LogP contribution in [-0.2, 0) is 6.42 Å². The van der Waals surface area contributed by atoms with Crippen molar-refractivity contribution < 1.29 is 14.3 Å². The maximum Gasteiger partial charge on any atom is 0.258 e. The molecule has 142 valence electrons. The van der Waals surface area contributed by atoms with Crippen LogP contribution in [-0.4, -0.2) is 29.1 Å². The van der Waals surface area contributed by atoms with E-state index in [1.54, 1.807) is 0 Å². The fourth-order valence-corrected chi connectivity index (χ4v) is 2.79. The number of nitrogens with one attached hydrogen (secondary N) is 2. The van der Waals surface area contributed by atoms with E-state index < -0.39 is 0 Å². The lowest BCUT2D eigenvalue weighted by Crippen LogP contribution is -2.15. The van der Waals surface area contributed by atoms with Gasteiger partial charge in [0.1, 0.15) is 13.2 Å². The van der Waals surface area contributed by atoms with E-state index in [2.05, 4.69) is 27.5 Å². The molecular formula is C21H20N4O3. The molecule has 4 rings (SSSR count). The third-order valence-corrected chi connectivity index (χ3v) is 4.33. The minimum Gasteiger partial charge on any atom is -0.486 e. The van der Waals surface area contributed by atoms with Crippen LogP contribution in [0.25, 0.3) is 0 Å². The first-order chi connectivity index (χ1) is 13.7. The Morgan fingerprint density at radius 3 is 2.36 bits per heavy atom. The lowest BCUT2D eigenvalue weighted by atomic mass is 10.1. The molecule has 0 aliphatic carbocycles. The second-order valence-electron chi connectivity index (χ2n) is 6.28. The fourth-order valence-electron chi connectivity index (χ4n) is 2.79. The summed E-state index contributed by atoms with van der Waals surface area (Å²) >= 11 is 0. The van der Waals surface area contributed by atoms with Crippen molar-refractivity contribution in [1.82, 2.24) is 9.97 Å². The molecule has 0 atom stereocenters. The van der Waals surface area contributed by atoms with Crippen molar-refractivity contribution in [2.75, 3.05) is 23.8 Å². The number of hydrogen-bond donors (Lipinski definition) is 2. The van der Waals surface area contributed by atoms with Crippen molar-refractivity contribution >= 4 is 23.2 Å².